The third-order valence-corrected chi connectivity index (χ3v) is 2.44. The Morgan fingerprint density at radius 1 is 1.50 bits per heavy atom. The van der Waals surface area contributed by atoms with Crippen LogP contribution in [0.25, 0.3) is 0 Å². The summed E-state index contributed by atoms with van der Waals surface area (Å²) in [6.07, 6.45) is 1.78. The summed E-state index contributed by atoms with van der Waals surface area (Å²) >= 11 is 1.75. The molecule has 0 radical (unpaired) electrons. The van der Waals surface area contributed by atoms with Gasteiger partial charge in [0, 0.05) is 16.3 Å². The van der Waals surface area contributed by atoms with Crippen molar-refractivity contribution in [1.82, 2.24) is 9.97 Å². The number of aromatic nitrogens is 2. The first kappa shape index (κ1) is 9.32. The van der Waals surface area contributed by atoms with Gasteiger partial charge in [-0.3, -0.25) is 0 Å². The van der Waals surface area contributed by atoms with Crippen LogP contribution >= 0.6 is 11.8 Å². The lowest BCUT2D eigenvalue weighted by Crippen LogP contribution is -1.98. The molecule has 0 amide bonds. The Labute approximate surface area is 76.8 Å². The summed E-state index contributed by atoms with van der Waals surface area (Å²) in [7, 11) is 0. The summed E-state index contributed by atoms with van der Waals surface area (Å²) in [4.78, 5) is 9.12. The van der Waals surface area contributed by atoms with Gasteiger partial charge in [-0.05, 0) is 6.92 Å². The van der Waals surface area contributed by atoms with Crippen LogP contribution in [0.4, 0.5) is 5.95 Å². The average Bonchev–Trinajstić information content (AvgIpc) is 1.94. The molecule has 0 atom stereocenters. The molecule has 0 saturated heterocycles. The largest absolute Gasteiger partial charge is 0.368 e. The number of nitrogens with zero attached hydrogens (tertiary/aromatic N) is 2. The number of nitrogens with two attached hydrogens (primary N) is 1. The minimum atomic E-state index is 0.348. The van der Waals surface area contributed by atoms with Gasteiger partial charge in [0.05, 0.1) is 5.69 Å². The van der Waals surface area contributed by atoms with Crippen LogP contribution in [-0.4, -0.2) is 15.2 Å². The minimum absolute atomic E-state index is 0.348. The van der Waals surface area contributed by atoms with Crippen LogP contribution in [0, 0.1) is 6.92 Å². The van der Waals surface area contributed by atoms with Gasteiger partial charge >= 0.3 is 0 Å². The number of nitrogen functional groups attached to an aromatic ring is 1. The van der Waals surface area contributed by atoms with Gasteiger partial charge in [-0.2, -0.15) is 0 Å². The number of rotatable bonds is 2. The maximum absolute atomic E-state index is 5.43. The van der Waals surface area contributed by atoms with Crippen molar-refractivity contribution in [2.24, 2.45) is 0 Å². The highest BCUT2D eigenvalue weighted by Crippen LogP contribution is 2.24. The number of anilines is 1. The highest BCUT2D eigenvalue weighted by molar-refractivity contribution is 8.00. The van der Waals surface area contributed by atoms with Crippen LogP contribution in [0.1, 0.15) is 19.5 Å². The summed E-state index contributed by atoms with van der Waals surface area (Å²) in [6, 6.07) is 0. The average molecular weight is 183 g/mol. The summed E-state index contributed by atoms with van der Waals surface area (Å²) in [6.45, 7) is 6.23. The maximum Gasteiger partial charge on any atom is 0.220 e. The Bertz CT molecular complexity index is 273. The van der Waals surface area contributed by atoms with Crippen molar-refractivity contribution >= 4 is 17.7 Å². The highest BCUT2D eigenvalue weighted by atomic mass is 32.2. The van der Waals surface area contributed by atoms with Gasteiger partial charge in [0.15, 0.2) is 0 Å². The van der Waals surface area contributed by atoms with Gasteiger partial charge in [0.25, 0.3) is 0 Å². The Morgan fingerprint density at radius 2 is 2.17 bits per heavy atom. The molecule has 0 spiro atoms. The van der Waals surface area contributed by atoms with E-state index in [4.69, 9.17) is 5.73 Å². The summed E-state index contributed by atoms with van der Waals surface area (Å²) in [5.74, 6) is 0.348. The molecule has 0 aliphatic heterocycles. The van der Waals surface area contributed by atoms with E-state index in [1.54, 1.807) is 18.0 Å². The second-order valence-electron chi connectivity index (χ2n) is 2.84. The SMILES string of the molecule is Cc1nc(N)ncc1SC(C)C. The molecule has 4 heteroatoms. The molecule has 1 heterocycles. The summed E-state index contributed by atoms with van der Waals surface area (Å²) < 4.78 is 0. The summed E-state index contributed by atoms with van der Waals surface area (Å²) in [5, 5.41) is 0.552. The Balaban J connectivity index is 2.86. The molecule has 0 aliphatic carbocycles. The second-order valence-corrected chi connectivity index (χ2v) is 4.46. The van der Waals surface area contributed by atoms with E-state index in [0.717, 1.165) is 10.6 Å². The van der Waals surface area contributed by atoms with Crippen LogP contribution in [0.15, 0.2) is 11.1 Å². The molecular formula is C8H13N3S. The maximum atomic E-state index is 5.43. The predicted molar refractivity (Wildman–Crippen MR) is 52.2 cm³/mol. The molecule has 3 nitrogen and oxygen atoms in total. The van der Waals surface area contributed by atoms with Crippen molar-refractivity contribution < 1.29 is 0 Å². The summed E-state index contributed by atoms with van der Waals surface area (Å²) in [5.41, 5.74) is 6.39. The van der Waals surface area contributed by atoms with E-state index >= 15 is 0 Å². The Hall–Kier alpha value is -0.770. The third-order valence-electron chi connectivity index (χ3n) is 1.32. The predicted octanol–water partition coefficient (Wildman–Crippen LogP) is 1.87. The second kappa shape index (κ2) is 3.76. The molecule has 1 aromatic rings. The molecule has 0 aliphatic rings. The molecular weight excluding hydrogens is 170 g/mol. The van der Waals surface area contributed by atoms with Gasteiger partial charge < -0.3 is 5.73 Å². The smallest absolute Gasteiger partial charge is 0.220 e. The number of thioether (sulfide) groups is 1. The van der Waals surface area contributed by atoms with Crippen molar-refractivity contribution in [3.05, 3.63) is 11.9 Å². The zero-order valence-electron chi connectivity index (χ0n) is 7.53. The molecule has 12 heavy (non-hydrogen) atoms. The fourth-order valence-corrected chi connectivity index (χ4v) is 1.68. The van der Waals surface area contributed by atoms with Crippen molar-refractivity contribution in [2.45, 2.75) is 30.9 Å². The quantitative estimate of drug-likeness (QED) is 0.711. The van der Waals surface area contributed by atoms with Crippen LogP contribution in [0.2, 0.25) is 0 Å². The first-order valence-corrected chi connectivity index (χ1v) is 4.73. The molecule has 66 valence electrons. The normalized spacial score (nSPS) is 10.7. The molecule has 0 fully saturated rings. The van der Waals surface area contributed by atoms with E-state index in [9.17, 15) is 0 Å². The van der Waals surface area contributed by atoms with Gasteiger partial charge in [-0.25, -0.2) is 9.97 Å². The third kappa shape index (κ3) is 2.37. The lowest BCUT2D eigenvalue weighted by molar-refractivity contribution is 1.03. The standard InChI is InChI=1S/C8H13N3S/c1-5(2)12-7-4-10-8(9)11-6(7)3/h4-5H,1-3H3,(H2,9,10,11). The van der Waals surface area contributed by atoms with Crippen molar-refractivity contribution in [1.29, 1.82) is 0 Å². The van der Waals surface area contributed by atoms with E-state index in [1.165, 1.54) is 0 Å². The lowest BCUT2D eigenvalue weighted by Gasteiger charge is -2.06. The Morgan fingerprint density at radius 3 is 2.67 bits per heavy atom. The van der Waals surface area contributed by atoms with E-state index in [1.807, 2.05) is 6.92 Å². The van der Waals surface area contributed by atoms with Crippen molar-refractivity contribution in [3.63, 3.8) is 0 Å². The van der Waals surface area contributed by atoms with Gasteiger partial charge in [-0.1, -0.05) is 13.8 Å². The van der Waals surface area contributed by atoms with Gasteiger partial charge in [-0.15, -0.1) is 11.8 Å². The minimum Gasteiger partial charge on any atom is -0.368 e. The molecule has 0 bridgehead atoms. The fraction of sp³-hybridized carbons (Fsp3) is 0.500. The number of hydrogen-bond donors (Lipinski definition) is 1. The van der Waals surface area contributed by atoms with E-state index < -0.39 is 0 Å². The van der Waals surface area contributed by atoms with Crippen LogP contribution in [-0.2, 0) is 0 Å². The topological polar surface area (TPSA) is 51.8 Å². The van der Waals surface area contributed by atoms with E-state index in [-0.39, 0.29) is 0 Å². The fourth-order valence-electron chi connectivity index (χ4n) is 0.844. The van der Waals surface area contributed by atoms with E-state index in [2.05, 4.69) is 23.8 Å². The zero-order valence-corrected chi connectivity index (χ0v) is 8.35. The van der Waals surface area contributed by atoms with E-state index in [0.29, 0.717) is 11.2 Å². The van der Waals surface area contributed by atoms with Gasteiger partial charge in [0.1, 0.15) is 0 Å². The first-order valence-electron chi connectivity index (χ1n) is 3.85. The van der Waals surface area contributed by atoms with Gasteiger partial charge in [0.2, 0.25) is 5.95 Å². The first-order chi connectivity index (χ1) is 5.59. The highest BCUT2D eigenvalue weighted by Gasteiger charge is 2.03. The van der Waals surface area contributed by atoms with Crippen molar-refractivity contribution in [3.8, 4) is 0 Å². The molecule has 0 aromatic carbocycles. The molecule has 0 saturated carbocycles. The van der Waals surface area contributed by atoms with Crippen LogP contribution < -0.4 is 5.73 Å². The number of aryl methyl sites for hydroxylation is 1. The van der Waals surface area contributed by atoms with Crippen LogP contribution in [0.5, 0.6) is 0 Å². The molecule has 1 rings (SSSR count). The Kier molecular flexibility index (Phi) is 2.92. The lowest BCUT2D eigenvalue weighted by atomic mass is 10.4. The molecule has 0 unspecified atom stereocenters. The number of hydrogen-bond acceptors (Lipinski definition) is 4. The molecule has 1 aromatic heterocycles. The zero-order chi connectivity index (χ0) is 9.14. The van der Waals surface area contributed by atoms with Crippen molar-refractivity contribution in [2.75, 3.05) is 5.73 Å². The molecule has 2 N–H and O–H groups in total. The van der Waals surface area contributed by atoms with Crippen LogP contribution in [0.3, 0.4) is 0 Å². The monoisotopic (exact) mass is 183 g/mol.